The van der Waals surface area contributed by atoms with Crippen molar-refractivity contribution in [2.75, 3.05) is 13.7 Å². The number of nitrogens with two attached hydrogens (primary N) is 1. The van der Waals surface area contributed by atoms with Gasteiger partial charge in [-0.05, 0) is 12.1 Å². The first-order valence-corrected chi connectivity index (χ1v) is 5.03. The van der Waals surface area contributed by atoms with Gasteiger partial charge in [0.1, 0.15) is 5.75 Å². The molecule has 0 aromatic heterocycles. The minimum absolute atomic E-state index is 0.0663. The van der Waals surface area contributed by atoms with Gasteiger partial charge >= 0.3 is 0 Å². The van der Waals surface area contributed by atoms with Crippen LogP contribution in [0.25, 0.3) is 0 Å². The topological polar surface area (TPSA) is 52.3 Å². The smallest absolute Gasteiger partial charge is 0.180 e. The summed E-state index contributed by atoms with van der Waals surface area (Å²) in [4.78, 5) is 11.4. The lowest BCUT2D eigenvalue weighted by molar-refractivity contribution is 0.0998. The van der Waals surface area contributed by atoms with Crippen LogP contribution in [0.1, 0.15) is 10.4 Å². The highest BCUT2D eigenvalue weighted by molar-refractivity contribution is 9.10. The SMILES string of the molecule is COc1c(Cl)cc(Br)cc1C(=O)CN. The summed E-state index contributed by atoms with van der Waals surface area (Å²) in [5.74, 6) is 0.162. The molecule has 2 N–H and O–H groups in total. The van der Waals surface area contributed by atoms with E-state index >= 15 is 0 Å². The monoisotopic (exact) mass is 277 g/mol. The molecular weight excluding hydrogens is 269 g/mol. The largest absolute Gasteiger partial charge is 0.494 e. The molecule has 0 aliphatic heterocycles. The van der Waals surface area contributed by atoms with Gasteiger partial charge in [0, 0.05) is 4.47 Å². The molecule has 76 valence electrons. The number of ketones is 1. The van der Waals surface area contributed by atoms with Gasteiger partial charge in [-0.15, -0.1) is 0 Å². The summed E-state index contributed by atoms with van der Waals surface area (Å²) >= 11 is 9.13. The second-order valence-corrected chi connectivity index (χ2v) is 3.92. The van der Waals surface area contributed by atoms with Gasteiger partial charge in [-0.2, -0.15) is 0 Å². The van der Waals surface area contributed by atoms with Crippen LogP contribution in [0.15, 0.2) is 16.6 Å². The summed E-state index contributed by atoms with van der Waals surface area (Å²) in [5.41, 5.74) is 5.66. The van der Waals surface area contributed by atoms with E-state index in [0.29, 0.717) is 16.3 Å². The Morgan fingerprint density at radius 3 is 2.79 bits per heavy atom. The Bertz CT molecular complexity index is 368. The number of carbonyl (C=O) groups excluding carboxylic acids is 1. The zero-order valence-corrected chi connectivity index (χ0v) is 9.85. The summed E-state index contributed by atoms with van der Waals surface area (Å²) in [6.45, 7) is -0.0663. The third kappa shape index (κ3) is 2.26. The highest BCUT2D eigenvalue weighted by Gasteiger charge is 2.14. The van der Waals surface area contributed by atoms with E-state index in [4.69, 9.17) is 22.1 Å². The first-order valence-electron chi connectivity index (χ1n) is 3.86. The average Bonchev–Trinajstić information content (AvgIpc) is 2.15. The molecule has 1 rings (SSSR count). The van der Waals surface area contributed by atoms with Crippen molar-refractivity contribution in [2.45, 2.75) is 0 Å². The summed E-state index contributed by atoms with van der Waals surface area (Å²) in [7, 11) is 1.46. The molecule has 0 saturated carbocycles. The molecule has 14 heavy (non-hydrogen) atoms. The minimum atomic E-state index is -0.204. The molecule has 0 heterocycles. The van der Waals surface area contributed by atoms with Crippen LogP contribution in [0.5, 0.6) is 5.75 Å². The van der Waals surface area contributed by atoms with Crippen molar-refractivity contribution in [3.8, 4) is 5.75 Å². The second-order valence-electron chi connectivity index (χ2n) is 2.60. The Kier molecular flexibility index (Phi) is 3.92. The van der Waals surface area contributed by atoms with E-state index in [2.05, 4.69) is 15.9 Å². The fraction of sp³-hybridized carbons (Fsp3) is 0.222. The van der Waals surface area contributed by atoms with Gasteiger partial charge in [0.05, 0.1) is 24.2 Å². The summed E-state index contributed by atoms with van der Waals surface area (Å²) in [5, 5.41) is 0.388. The van der Waals surface area contributed by atoms with Gasteiger partial charge in [-0.3, -0.25) is 4.79 Å². The Hall–Kier alpha value is -0.580. The molecule has 0 aliphatic carbocycles. The zero-order valence-electron chi connectivity index (χ0n) is 7.51. The molecule has 0 amide bonds. The van der Waals surface area contributed by atoms with Crippen molar-refractivity contribution < 1.29 is 9.53 Å². The van der Waals surface area contributed by atoms with Crippen molar-refractivity contribution >= 4 is 33.3 Å². The number of benzene rings is 1. The molecular formula is C9H9BrClNO2. The van der Waals surface area contributed by atoms with Gasteiger partial charge in [-0.1, -0.05) is 27.5 Å². The lowest BCUT2D eigenvalue weighted by Crippen LogP contribution is -2.14. The maximum absolute atomic E-state index is 11.4. The van der Waals surface area contributed by atoms with Crippen molar-refractivity contribution in [3.05, 3.63) is 27.2 Å². The van der Waals surface area contributed by atoms with Crippen LogP contribution in [-0.4, -0.2) is 19.4 Å². The van der Waals surface area contributed by atoms with E-state index in [1.807, 2.05) is 0 Å². The summed E-state index contributed by atoms with van der Waals surface area (Å²) in [6.07, 6.45) is 0. The maximum Gasteiger partial charge on any atom is 0.180 e. The number of ether oxygens (including phenoxy) is 1. The van der Waals surface area contributed by atoms with E-state index in [-0.39, 0.29) is 12.3 Å². The van der Waals surface area contributed by atoms with E-state index in [9.17, 15) is 4.79 Å². The molecule has 1 aromatic carbocycles. The van der Waals surface area contributed by atoms with Crippen molar-refractivity contribution in [2.24, 2.45) is 5.73 Å². The van der Waals surface area contributed by atoms with Gasteiger partial charge in [0.15, 0.2) is 5.78 Å². The van der Waals surface area contributed by atoms with Crippen molar-refractivity contribution in [1.29, 1.82) is 0 Å². The standard InChI is InChI=1S/C9H9BrClNO2/c1-14-9-6(8(13)4-12)2-5(10)3-7(9)11/h2-3H,4,12H2,1H3. The number of hydrogen-bond donors (Lipinski definition) is 1. The zero-order chi connectivity index (χ0) is 10.7. The van der Waals surface area contributed by atoms with E-state index in [0.717, 1.165) is 4.47 Å². The van der Waals surface area contributed by atoms with Crippen LogP contribution < -0.4 is 10.5 Å². The van der Waals surface area contributed by atoms with E-state index in [1.165, 1.54) is 7.11 Å². The third-order valence-electron chi connectivity index (χ3n) is 1.70. The second kappa shape index (κ2) is 4.77. The molecule has 0 saturated heterocycles. The van der Waals surface area contributed by atoms with Crippen molar-refractivity contribution in [3.63, 3.8) is 0 Å². The fourth-order valence-electron chi connectivity index (χ4n) is 1.08. The van der Waals surface area contributed by atoms with Crippen LogP contribution in [0.3, 0.4) is 0 Å². The summed E-state index contributed by atoms with van der Waals surface area (Å²) < 4.78 is 5.75. The number of carbonyl (C=O) groups is 1. The molecule has 0 bridgehead atoms. The lowest BCUT2D eigenvalue weighted by Gasteiger charge is -2.09. The van der Waals surface area contributed by atoms with E-state index in [1.54, 1.807) is 12.1 Å². The van der Waals surface area contributed by atoms with E-state index < -0.39 is 0 Å². The Labute approximate surface area is 95.3 Å². The number of Topliss-reactive ketones (excluding diaryl/α,β-unsaturated/α-hetero) is 1. The molecule has 5 heteroatoms. The molecule has 0 unspecified atom stereocenters. The molecule has 0 radical (unpaired) electrons. The number of halogens is 2. The highest BCUT2D eigenvalue weighted by atomic mass is 79.9. The molecule has 3 nitrogen and oxygen atoms in total. The van der Waals surface area contributed by atoms with Crippen LogP contribution in [-0.2, 0) is 0 Å². The van der Waals surface area contributed by atoms with Gasteiger partial charge in [-0.25, -0.2) is 0 Å². The molecule has 0 spiro atoms. The fourth-order valence-corrected chi connectivity index (χ4v) is 1.97. The molecule has 0 aliphatic rings. The molecule has 0 fully saturated rings. The summed E-state index contributed by atoms with van der Waals surface area (Å²) in [6, 6.07) is 3.30. The van der Waals surface area contributed by atoms with Crippen LogP contribution in [0.2, 0.25) is 5.02 Å². The lowest BCUT2D eigenvalue weighted by atomic mass is 10.1. The predicted octanol–water partition coefficient (Wildman–Crippen LogP) is 2.25. The Morgan fingerprint density at radius 2 is 2.29 bits per heavy atom. The minimum Gasteiger partial charge on any atom is -0.494 e. The Balaban J connectivity index is 3.32. The quantitative estimate of drug-likeness (QED) is 0.863. The van der Waals surface area contributed by atoms with Crippen molar-refractivity contribution in [1.82, 2.24) is 0 Å². The average molecular weight is 279 g/mol. The van der Waals surface area contributed by atoms with Crippen LogP contribution >= 0.6 is 27.5 Å². The number of hydrogen-bond acceptors (Lipinski definition) is 3. The molecule has 1 aromatic rings. The highest BCUT2D eigenvalue weighted by Crippen LogP contribution is 2.32. The van der Waals surface area contributed by atoms with Crippen LogP contribution in [0, 0.1) is 0 Å². The predicted molar refractivity (Wildman–Crippen MR) is 59.1 cm³/mol. The first-order chi connectivity index (χ1) is 6.60. The Morgan fingerprint density at radius 1 is 1.64 bits per heavy atom. The van der Waals surface area contributed by atoms with Gasteiger partial charge in [0.25, 0.3) is 0 Å². The number of methoxy groups -OCH3 is 1. The number of rotatable bonds is 3. The maximum atomic E-state index is 11.4. The van der Waals surface area contributed by atoms with Crippen LogP contribution in [0.4, 0.5) is 0 Å². The van der Waals surface area contributed by atoms with Gasteiger partial charge in [0.2, 0.25) is 0 Å². The first kappa shape index (κ1) is 11.5. The van der Waals surface area contributed by atoms with Gasteiger partial charge < -0.3 is 10.5 Å². The molecule has 0 atom stereocenters. The third-order valence-corrected chi connectivity index (χ3v) is 2.44. The normalized spacial score (nSPS) is 10.0.